The molecule has 0 aliphatic heterocycles. The molecule has 4 aromatic rings. The number of hydrogen-bond donors (Lipinski definition) is 2. The first-order chi connectivity index (χ1) is 15.3. The van der Waals surface area contributed by atoms with Gasteiger partial charge in [-0.25, -0.2) is 14.8 Å². The Morgan fingerprint density at radius 2 is 1.78 bits per heavy atom. The largest absolute Gasteiger partial charge is 0.481 e. The molecule has 2 aromatic heterocycles. The molecular formula is C23H25N7O2. The van der Waals surface area contributed by atoms with Crippen molar-refractivity contribution in [3.05, 3.63) is 65.7 Å². The Bertz CT molecular complexity index is 1210. The van der Waals surface area contributed by atoms with Gasteiger partial charge in [-0.1, -0.05) is 69.3 Å². The Kier molecular flexibility index (Phi) is 5.81. The Morgan fingerprint density at radius 3 is 2.41 bits per heavy atom. The number of nitrogens with one attached hydrogen (secondary N) is 1. The van der Waals surface area contributed by atoms with Gasteiger partial charge in [0.1, 0.15) is 5.82 Å². The molecule has 0 amide bonds. The summed E-state index contributed by atoms with van der Waals surface area (Å²) in [5.41, 5.74) is 3.88. The van der Waals surface area contributed by atoms with Crippen LogP contribution in [0.1, 0.15) is 44.4 Å². The molecule has 2 aromatic carbocycles. The van der Waals surface area contributed by atoms with E-state index in [2.05, 4.69) is 75.7 Å². The van der Waals surface area contributed by atoms with Crippen LogP contribution in [0.25, 0.3) is 22.5 Å². The maximum absolute atomic E-state index is 10.9. The van der Waals surface area contributed by atoms with Crippen molar-refractivity contribution in [1.82, 2.24) is 35.4 Å². The molecule has 0 aliphatic rings. The molecule has 0 aliphatic carbocycles. The van der Waals surface area contributed by atoms with E-state index in [9.17, 15) is 4.79 Å². The number of nitrogens with zero attached hydrogens (tertiary/aromatic N) is 6. The molecule has 0 atom stereocenters. The number of carbonyl (C=O) groups is 1. The van der Waals surface area contributed by atoms with Crippen molar-refractivity contribution in [1.29, 1.82) is 0 Å². The number of H-pyrrole nitrogens is 1. The number of tetrazole rings is 1. The molecule has 0 fully saturated rings. The summed E-state index contributed by atoms with van der Waals surface area (Å²) in [7, 11) is 0. The summed E-state index contributed by atoms with van der Waals surface area (Å²) in [6, 6.07) is 16.2. The lowest BCUT2D eigenvalue weighted by molar-refractivity contribution is -0.137. The fourth-order valence-electron chi connectivity index (χ4n) is 3.56. The lowest BCUT2D eigenvalue weighted by atomic mass is 9.95. The van der Waals surface area contributed by atoms with E-state index in [4.69, 9.17) is 5.11 Å². The van der Waals surface area contributed by atoms with Crippen LogP contribution in [-0.2, 0) is 23.2 Å². The van der Waals surface area contributed by atoms with E-state index in [-0.39, 0.29) is 11.8 Å². The van der Waals surface area contributed by atoms with Crippen molar-refractivity contribution in [2.24, 2.45) is 0 Å². The molecule has 2 heterocycles. The van der Waals surface area contributed by atoms with Crippen LogP contribution in [0.4, 0.5) is 0 Å². The summed E-state index contributed by atoms with van der Waals surface area (Å²) >= 11 is 0. The number of aryl methyl sites for hydroxylation is 1. The fraction of sp³-hybridized carbons (Fsp3) is 0.304. The highest BCUT2D eigenvalue weighted by Crippen LogP contribution is 2.30. The lowest BCUT2D eigenvalue weighted by Gasteiger charge is -2.18. The molecule has 0 saturated carbocycles. The molecule has 0 spiro atoms. The van der Waals surface area contributed by atoms with Gasteiger partial charge in [-0.3, -0.25) is 4.79 Å². The van der Waals surface area contributed by atoms with E-state index < -0.39 is 5.97 Å². The maximum Gasteiger partial charge on any atom is 0.303 e. The SMILES string of the molecule is CC(C)(C)c1nc(CCC(=O)O)nn1Cc1ccc(-c2ccccc2-c2nnn[nH]2)cc1. The Morgan fingerprint density at radius 1 is 1.06 bits per heavy atom. The number of aromatic nitrogens is 7. The predicted octanol–water partition coefficient (Wildman–Crippen LogP) is 3.49. The van der Waals surface area contributed by atoms with Crippen molar-refractivity contribution in [2.75, 3.05) is 0 Å². The second kappa shape index (κ2) is 8.70. The number of aromatic amines is 1. The fourth-order valence-corrected chi connectivity index (χ4v) is 3.56. The predicted molar refractivity (Wildman–Crippen MR) is 119 cm³/mol. The monoisotopic (exact) mass is 431 g/mol. The van der Waals surface area contributed by atoms with Crippen LogP contribution < -0.4 is 0 Å². The van der Waals surface area contributed by atoms with E-state index in [1.807, 2.05) is 28.9 Å². The number of hydrogen-bond acceptors (Lipinski definition) is 6. The first kappa shape index (κ1) is 21.4. The van der Waals surface area contributed by atoms with Crippen LogP contribution >= 0.6 is 0 Å². The summed E-state index contributed by atoms with van der Waals surface area (Å²) in [5, 5.41) is 27.8. The minimum atomic E-state index is -0.851. The standard InChI is InChI=1S/C23H25N7O2/c1-23(2,3)22-24-19(12-13-20(31)32)27-30(22)14-15-8-10-16(11-9-15)17-6-4-5-7-18(17)21-25-28-29-26-21/h4-11H,12-14H2,1-3H3,(H,31,32)(H,25,26,28,29). The summed E-state index contributed by atoms with van der Waals surface area (Å²) in [4.78, 5) is 15.5. The van der Waals surface area contributed by atoms with Crippen LogP contribution in [0.15, 0.2) is 48.5 Å². The van der Waals surface area contributed by atoms with E-state index in [1.165, 1.54) is 0 Å². The van der Waals surface area contributed by atoms with Crippen molar-refractivity contribution in [3.8, 4) is 22.5 Å². The number of rotatable bonds is 7. The third kappa shape index (κ3) is 4.72. The molecule has 32 heavy (non-hydrogen) atoms. The first-order valence-electron chi connectivity index (χ1n) is 10.4. The zero-order chi connectivity index (χ0) is 22.7. The summed E-state index contributed by atoms with van der Waals surface area (Å²) < 4.78 is 1.88. The van der Waals surface area contributed by atoms with E-state index in [0.29, 0.717) is 24.6 Å². The zero-order valence-corrected chi connectivity index (χ0v) is 18.3. The van der Waals surface area contributed by atoms with Crippen LogP contribution in [-0.4, -0.2) is 46.5 Å². The van der Waals surface area contributed by atoms with Gasteiger partial charge in [-0.2, -0.15) is 5.10 Å². The van der Waals surface area contributed by atoms with Crippen molar-refractivity contribution in [3.63, 3.8) is 0 Å². The smallest absolute Gasteiger partial charge is 0.303 e. The number of carboxylic acid groups (broad SMARTS) is 1. The second-order valence-electron chi connectivity index (χ2n) is 8.65. The van der Waals surface area contributed by atoms with Crippen LogP contribution in [0, 0.1) is 0 Å². The van der Waals surface area contributed by atoms with Crippen LogP contribution in [0.3, 0.4) is 0 Å². The molecule has 9 heteroatoms. The lowest BCUT2D eigenvalue weighted by Crippen LogP contribution is -2.20. The molecule has 9 nitrogen and oxygen atoms in total. The second-order valence-corrected chi connectivity index (χ2v) is 8.65. The molecule has 0 unspecified atom stereocenters. The summed E-state index contributed by atoms with van der Waals surface area (Å²) in [6.45, 7) is 6.78. The van der Waals surface area contributed by atoms with Crippen molar-refractivity contribution < 1.29 is 9.90 Å². The quantitative estimate of drug-likeness (QED) is 0.459. The van der Waals surface area contributed by atoms with Gasteiger partial charge in [-0.15, -0.1) is 5.10 Å². The first-order valence-corrected chi connectivity index (χ1v) is 10.4. The minimum Gasteiger partial charge on any atom is -0.481 e. The molecule has 0 saturated heterocycles. The Balaban J connectivity index is 1.60. The Hall–Kier alpha value is -3.88. The highest BCUT2D eigenvalue weighted by molar-refractivity contribution is 5.80. The molecule has 2 N–H and O–H groups in total. The Labute approximate surface area is 185 Å². The molecule has 164 valence electrons. The number of aliphatic carboxylic acids is 1. The molecule has 0 radical (unpaired) electrons. The summed E-state index contributed by atoms with van der Waals surface area (Å²) in [6.07, 6.45) is 0.333. The third-order valence-corrected chi connectivity index (χ3v) is 5.07. The van der Waals surface area contributed by atoms with Crippen molar-refractivity contribution >= 4 is 5.97 Å². The average molecular weight is 432 g/mol. The number of carboxylic acids is 1. The number of benzene rings is 2. The van der Waals surface area contributed by atoms with Gasteiger partial charge in [-0.05, 0) is 27.1 Å². The molecule has 4 rings (SSSR count). The van der Waals surface area contributed by atoms with E-state index in [0.717, 1.165) is 28.1 Å². The van der Waals surface area contributed by atoms with E-state index >= 15 is 0 Å². The molecule has 0 bridgehead atoms. The van der Waals surface area contributed by atoms with Gasteiger partial charge in [0.05, 0.1) is 13.0 Å². The van der Waals surface area contributed by atoms with Gasteiger partial charge in [0.2, 0.25) is 0 Å². The zero-order valence-electron chi connectivity index (χ0n) is 18.3. The van der Waals surface area contributed by atoms with Crippen LogP contribution in [0.2, 0.25) is 0 Å². The topological polar surface area (TPSA) is 122 Å². The summed E-state index contributed by atoms with van der Waals surface area (Å²) in [5.74, 6) is 1.17. The average Bonchev–Trinajstić information content (AvgIpc) is 3.43. The normalized spacial score (nSPS) is 11.6. The van der Waals surface area contributed by atoms with Crippen LogP contribution in [0.5, 0.6) is 0 Å². The van der Waals surface area contributed by atoms with Crippen molar-refractivity contribution in [2.45, 2.75) is 45.6 Å². The molecular weight excluding hydrogens is 406 g/mol. The van der Waals surface area contributed by atoms with Gasteiger partial charge in [0.15, 0.2) is 11.6 Å². The highest BCUT2D eigenvalue weighted by atomic mass is 16.4. The highest BCUT2D eigenvalue weighted by Gasteiger charge is 2.23. The minimum absolute atomic E-state index is 0.0163. The van der Waals surface area contributed by atoms with Gasteiger partial charge >= 0.3 is 5.97 Å². The maximum atomic E-state index is 10.9. The third-order valence-electron chi connectivity index (χ3n) is 5.07. The van der Waals surface area contributed by atoms with Gasteiger partial charge in [0, 0.05) is 17.4 Å². The van der Waals surface area contributed by atoms with Gasteiger partial charge < -0.3 is 5.11 Å². The van der Waals surface area contributed by atoms with Gasteiger partial charge in [0.25, 0.3) is 0 Å². The van der Waals surface area contributed by atoms with E-state index in [1.54, 1.807) is 0 Å².